The summed E-state index contributed by atoms with van der Waals surface area (Å²) < 4.78 is 6.54. The molecule has 2 bridgehead atoms. The van der Waals surface area contributed by atoms with Crippen molar-refractivity contribution in [3.05, 3.63) is 71.1 Å². The lowest BCUT2D eigenvalue weighted by molar-refractivity contribution is -0.165. The van der Waals surface area contributed by atoms with Gasteiger partial charge in [0.2, 0.25) is 0 Å². The fraction of sp³-hybridized carbons (Fsp3) is 0.360. The number of allylic oxidation sites excluding steroid dienone is 1. The number of H-pyrrole nitrogens is 1. The Bertz CT molecular complexity index is 1280. The van der Waals surface area contributed by atoms with Crippen molar-refractivity contribution in [3.63, 3.8) is 0 Å². The first-order valence-corrected chi connectivity index (χ1v) is 10.7. The van der Waals surface area contributed by atoms with Crippen molar-refractivity contribution in [2.24, 2.45) is 0 Å². The first-order valence-electron chi connectivity index (χ1n) is 10.7. The van der Waals surface area contributed by atoms with Crippen LogP contribution in [0.5, 0.6) is 11.5 Å². The lowest BCUT2D eigenvalue weighted by Crippen LogP contribution is -2.74. The fourth-order valence-electron chi connectivity index (χ4n) is 7.09. The van der Waals surface area contributed by atoms with E-state index in [9.17, 15) is 10.2 Å². The van der Waals surface area contributed by atoms with Gasteiger partial charge in [-0.05, 0) is 43.0 Å². The lowest BCUT2D eigenvalue weighted by Gasteiger charge is -2.63. The number of hydrogen-bond donors (Lipinski definition) is 3. The zero-order chi connectivity index (χ0) is 20.4. The van der Waals surface area contributed by atoms with Gasteiger partial charge in [0, 0.05) is 35.1 Å². The molecule has 152 valence electrons. The van der Waals surface area contributed by atoms with E-state index in [1.807, 2.05) is 25.1 Å². The van der Waals surface area contributed by atoms with Crippen LogP contribution < -0.4 is 4.74 Å². The van der Waals surface area contributed by atoms with Crippen LogP contribution in [0.1, 0.15) is 41.8 Å². The van der Waals surface area contributed by atoms with Gasteiger partial charge in [-0.25, -0.2) is 0 Å². The molecule has 4 aliphatic rings. The largest absolute Gasteiger partial charge is 0.504 e. The summed E-state index contributed by atoms with van der Waals surface area (Å²) in [7, 11) is 0. The van der Waals surface area contributed by atoms with Crippen LogP contribution >= 0.6 is 0 Å². The van der Waals surface area contributed by atoms with E-state index in [0.29, 0.717) is 12.2 Å². The van der Waals surface area contributed by atoms with Gasteiger partial charge in [0.1, 0.15) is 5.60 Å². The molecule has 2 aliphatic carbocycles. The number of aromatic hydroxyl groups is 1. The third kappa shape index (κ3) is 1.61. The van der Waals surface area contributed by atoms with Crippen LogP contribution in [-0.4, -0.2) is 38.3 Å². The van der Waals surface area contributed by atoms with Crippen LogP contribution in [-0.2, 0) is 18.3 Å². The van der Waals surface area contributed by atoms with Gasteiger partial charge in [0.05, 0.1) is 17.2 Å². The Morgan fingerprint density at radius 2 is 2.10 bits per heavy atom. The molecule has 1 saturated heterocycles. The zero-order valence-electron chi connectivity index (χ0n) is 16.9. The lowest BCUT2D eigenvalue weighted by atomic mass is 9.49. The van der Waals surface area contributed by atoms with Crippen LogP contribution in [0.4, 0.5) is 0 Å². The molecule has 30 heavy (non-hydrogen) atoms. The number of fused-ring (bicyclic) bond motifs is 4. The quantitative estimate of drug-likeness (QED) is 0.583. The number of aliphatic hydroxyl groups is 1. The van der Waals surface area contributed by atoms with Crippen molar-refractivity contribution < 1.29 is 14.9 Å². The maximum atomic E-state index is 12.6. The molecule has 0 saturated carbocycles. The first-order chi connectivity index (χ1) is 14.5. The van der Waals surface area contributed by atoms with E-state index in [1.165, 1.54) is 5.56 Å². The normalized spacial score (nSPS) is 32.5. The first kappa shape index (κ1) is 16.8. The standard InChI is InChI=1S/C25H24N2O3/c1-13(2)27-10-9-24-20-14-7-8-18(28)22(20)30-23(24)21-16(12-25(24,29)19(27)11-14)15-5-3-4-6-17(15)26-21/h3-8,19,23,26,28-29H,1,9-12H2,2H3/t19-,23+,24+,25-/m1/s1. The van der Waals surface area contributed by atoms with Gasteiger partial charge in [0.25, 0.3) is 0 Å². The van der Waals surface area contributed by atoms with E-state index in [0.717, 1.165) is 52.8 Å². The topological polar surface area (TPSA) is 68.7 Å². The molecule has 2 aromatic carbocycles. The number of likely N-dealkylation sites (tertiary alicyclic amines) is 1. The molecule has 1 fully saturated rings. The number of phenols is 1. The number of ether oxygens (including phenoxy) is 1. The van der Waals surface area contributed by atoms with Gasteiger partial charge in [-0.2, -0.15) is 0 Å². The second-order valence-corrected chi connectivity index (χ2v) is 9.48. The van der Waals surface area contributed by atoms with Crippen LogP contribution in [0.25, 0.3) is 10.9 Å². The highest BCUT2D eigenvalue weighted by atomic mass is 16.5. The van der Waals surface area contributed by atoms with E-state index in [4.69, 9.17) is 4.74 Å². The number of nitrogens with one attached hydrogen (secondary N) is 1. The smallest absolute Gasteiger partial charge is 0.166 e. The van der Waals surface area contributed by atoms with E-state index in [1.54, 1.807) is 6.07 Å². The number of aromatic nitrogens is 1. The summed E-state index contributed by atoms with van der Waals surface area (Å²) in [6.07, 6.45) is 1.71. The van der Waals surface area contributed by atoms with E-state index >= 15 is 0 Å². The van der Waals surface area contributed by atoms with Gasteiger partial charge in [-0.1, -0.05) is 30.8 Å². The number of aromatic amines is 1. The predicted molar refractivity (Wildman–Crippen MR) is 114 cm³/mol. The molecule has 7 rings (SSSR count). The molecule has 0 radical (unpaired) electrons. The molecular weight excluding hydrogens is 376 g/mol. The molecule has 4 atom stereocenters. The van der Waals surface area contributed by atoms with Gasteiger partial charge >= 0.3 is 0 Å². The van der Waals surface area contributed by atoms with E-state index in [2.05, 4.69) is 28.6 Å². The summed E-state index contributed by atoms with van der Waals surface area (Å²) in [6.45, 7) is 7.07. The van der Waals surface area contributed by atoms with Crippen molar-refractivity contribution >= 4 is 10.9 Å². The molecule has 1 aromatic heterocycles. The zero-order valence-corrected chi connectivity index (χ0v) is 16.9. The Balaban J connectivity index is 1.59. The third-order valence-electron chi connectivity index (χ3n) is 8.26. The van der Waals surface area contributed by atoms with Crippen LogP contribution in [0.15, 0.2) is 48.7 Å². The monoisotopic (exact) mass is 400 g/mol. The number of piperidine rings is 1. The number of benzene rings is 2. The Morgan fingerprint density at radius 3 is 2.93 bits per heavy atom. The SMILES string of the molecule is C=C(C)N1CC[C@]23c4c5ccc(O)c4O[C@H]2c2[nH]c4ccccc4c2C[C@@]3(O)[C@H]1C5. The second kappa shape index (κ2) is 5.03. The molecule has 3 N–H and O–H groups in total. The Labute approximate surface area is 174 Å². The van der Waals surface area contributed by atoms with Crippen LogP contribution in [0, 0.1) is 0 Å². The minimum Gasteiger partial charge on any atom is -0.504 e. The molecule has 5 heteroatoms. The highest BCUT2D eigenvalue weighted by Gasteiger charge is 2.72. The highest BCUT2D eigenvalue weighted by molar-refractivity contribution is 5.86. The van der Waals surface area contributed by atoms with E-state index < -0.39 is 11.0 Å². The molecule has 3 aromatic rings. The van der Waals surface area contributed by atoms with Crippen molar-refractivity contribution in [3.8, 4) is 11.5 Å². The van der Waals surface area contributed by atoms with Crippen molar-refractivity contribution in [2.75, 3.05) is 6.54 Å². The van der Waals surface area contributed by atoms with Crippen molar-refractivity contribution in [2.45, 2.75) is 49.3 Å². The molecule has 0 unspecified atom stereocenters. The van der Waals surface area contributed by atoms with Gasteiger partial charge in [-0.3, -0.25) is 0 Å². The maximum Gasteiger partial charge on any atom is 0.166 e. The average molecular weight is 400 g/mol. The predicted octanol–water partition coefficient (Wildman–Crippen LogP) is 3.70. The summed E-state index contributed by atoms with van der Waals surface area (Å²) in [4.78, 5) is 5.89. The fourth-order valence-corrected chi connectivity index (χ4v) is 7.09. The van der Waals surface area contributed by atoms with Crippen LogP contribution in [0.3, 0.4) is 0 Å². The summed E-state index contributed by atoms with van der Waals surface area (Å²) in [5.74, 6) is 0.725. The van der Waals surface area contributed by atoms with Gasteiger partial charge in [-0.15, -0.1) is 0 Å². The Hall–Kier alpha value is -2.92. The maximum absolute atomic E-state index is 12.6. The Morgan fingerprint density at radius 1 is 1.27 bits per heavy atom. The Kier molecular flexibility index (Phi) is 2.82. The summed E-state index contributed by atoms with van der Waals surface area (Å²) in [5, 5.41) is 24.4. The van der Waals surface area contributed by atoms with Crippen molar-refractivity contribution in [1.82, 2.24) is 9.88 Å². The second-order valence-electron chi connectivity index (χ2n) is 9.48. The average Bonchev–Trinajstić information content (AvgIpc) is 3.24. The number of rotatable bonds is 1. The number of nitrogens with zero attached hydrogens (tertiary/aromatic N) is 1. The molecular formula is C25H24N2O3. The molecule has 1 spiro atoms. The van der Waals surface area contributed by atoms with E-state index in [-0.39, 0.29) is 17.9 Å². The minimum absolute atomic E-state index is 0.0698. The molecule has 2 aliphatic heterocycles. The summed E-state index contributed by atoms with van der Waals surface area (Å²) in [6, 6.07) is 11.9. The summed E-state index contributed by atoms with van der Waals surface area (Å²) in [5.41, 5.74) is 4.87. The highest BCUT2D eigenvalue weighted by Crippen LogP contribution is 2.69. The number of phenolic OH excluding ortho intramolecular Hbond substituents is 1. The van der Waals surface area contributed by atoms with Crippen LogP contribution in [0.2, 0.25) is 0 Å². The molecule has 5 nitrogen and oxygen atoms in total. The molecule has 0 amide bonds. The van der Waals surface area contributed by atoms with Gasteiger partial charge in [0.15, 0.2) is 17.6 Å². The van der Waals surface area contributed by atoms with Crippen molar-refractivity contribution in [1.29, 1.82) is 0 Å². The minimum atomic E-state index is -1.00. The summed E-state index contributed by atoms with van der Waals surface area (Å²) >= 11 is 0. The number of para-hydroxylation sites is 1. The number of hydrogen-bond acceptors (Lipinski definition) is 4. The third-order valence-corrected chi connectivity index (χ3v) is 8.26. The van der Waals surface area contributed by atoms with Gasteiger partial charge < -0.3 is 24.8 Å². The molecule has 3 heterocycles.